The first-order chi connectivity index (χ1) is 15.6. The van der Waals surface area contributed by atoms with E-state index in [2.05, 4.69) is 10.4 Å². The minimum absolute atomic E-state index is 0.0590. The Balaban J connectivity index is 1.94. The minimum Gasteiger partial charge on any atom is -0.306 e. The normalized spacial score (nSPS) is 11.5. The summed E-state index contributed by atoms with van der Waals surface area (Å²) in [6.07, 6.45) is 0. The Morgan fingerprint density at radius 1 is 1.15 bits per heavy atom. The van der Waals surface area contributed by atoms with Crippen molar-refractivity contribution in [2.24, 2.45) is 0 Å². The van der Waals surface area contributed by atoms with E-state index in [4.69, 9.17) is 0 Å². The van der Waals surface area contributed by atoms with Gasteiger partial charge in [-0.05, 0) is 37.3 Å². The van der Waals surface area contributed by atoms with Crippen molar-refractivity contribution < 1.29 is 22.5 Å². The molecule has 0 aliphatic heterocycles. The lowest BCUT2D eigenvalue weighted by Crippen LogP contribution is -2.31. The molecule has 174 valence electrons. The van der Waals surface area contributed by atoms with Crippen LogP contribution in [-0.2, 0) is 10.0 Å². The number of non-ortho nitro benzene ring substituents is 1. The molecule has 1 amide bonds. The third-order valence-corrected chi connectivity index (χ3v) is 6.96. The van der Waals surface area contributed by atoms with Crippen LogP contribution in [-0.4, -0.2) is 46.4 Å². The molecule has 0 fully saturated rings. The maximum Gasteiger partial charge on any atom is 0.269 e. The third kappa shape index (κ3) is 4.91. The first-order valence-corrected chi connectivity index (χ1v) is 11.4. The van der Waals surface area contributed by atoms with Gasteiger partial charge in [-0.1, -0.05) is 13.8 Å². The Morgan fingerprint density at radius 2 is 1.79 bits per heavy atom. The summed E-state index contributed by atoms with van der Waals surface area (Å²) in [4.78, 5) is 22.6. The number of sulfonamides is 1. The maximum atomic E-state index is 14.4. The van der Waals surface area contributed by atoms with Crippen molar-refractivity contribution >= 4 is 27.4 Å². The Morgan fingerprint density at radius 3 is 2.36 bits per heavy atom. The van der Waals surface area contributed by atoms with Crippen molar-refractivity contribution in [2.75, 3.05) is 18.4 Å². The zero-order valence-electron chi connectivity index (χ0n) is 18.1. The van der Waals surface area contributed by atoms with Gasteiger partial charge in [0.15, 0.2) is 0 Å². The van der Waals surface area contributed by atoms with E-state index < -0.39 is 31.6 Å². The molecule has 0 aliphatic carbocycles. The van der Waals surface area contributed by atoms with Crippen LogP contribution in [0.25, 0.3) is 5.69 Å². The lowest BCUT2D eigenvalue weighted by atomic mass is 10.2. The monoisotopic (exact) mass is 475 g/mol. The van der Waals surface area contributed by atoms with Crippen molar-refractivity contribution in [3.63, 3.8) is 0 Å². The van der Waals surface area contributed by atoms with Gasteiger partial charge in [0, 0.05) is 36.9 Å². The predicted octanol–water partition coefficient (Wildman–Crippen LogP) is 3.51. The summed E-state index contributed by atoms with van der Waals surface area (Å²) in [5, 5.41) is 17.8. The second-order valence-corrected chi connectivity index (χ2v) is 8.95. The minimum atomic E-state index is -4.11. The standard InChI is InChI=1S/C21H22FN5O5S/c1-4-25(5-2)33(31,32)19-13-15(6-11-18(19)22)21(28)23-20-12-14(3)24-26(20)16-7-9-17(10-8-16)27(29)30/h6-13H,4-5H2,1-3H3,(H,23,28). The Hall–Kier alpha value is -3.64. The van der Waals surface area contributed by atoms with E-state index in [1.165, 1.54) is 35.0 Å². The van der Waals surface area contributed by atoms with E-state index in [-0.39, 0.29) is 30.2 Å². The number of benzene rings is 2. The van der Waals surface area contributed by atoms with Crippen LogP contribution < -0.4 is 5.32 Å². The molecule has 3 aromatic rings. The second-order valence-electron chi connectivity index (χ2n) is 7.04. The number of hydrogen-bond acceptors (Lipinski definition) is 6. The van der Waals surface area contributed by atoms with Gasteiger partial charge in [0.1, 0.15) is 16.5 Å². The molecule has 0 atom stereocenters. The van der Waals surface area contributed by atoms with Crippen molar-refractivity contribution in [3.05, 3.63) is 75.7 Å². The number of halogens is 1. The van der Waals surface area contributed by atoms with Gasteiger partial charge < -0.3 is 5.32 Å². The summed E-state index contributed by atoms with van der Waals surface area (Å²) < 4.78 is 42.4. The number of amides is 1. The van der Waals surface area contributed by atoms with Crippen LogP contribution in [0.1, 0.15) is 29.9 Å². The highest BCUT2D eigenvalue weighted by Gasteiger charge is 2.26. The molecule has 1 heterocycles. The van der Waals surface area contributed by atoms with E-state index in [9.17, 15) is 27.7 Å². The van der Waals surface area contributed by atoms with E-state index in [1.54, 1.807) is 26.8 Å². The van der Waals surface area contributed by atoms with Crippen LogP contribution in [0.3, 0.4) is 0 Å². The number of anilines is 1. The first-order valence-electron chi connectivity index (χ1n) is 10.0. The number of nitrogens with zero attached hydrogens (tertiary/aromatic N) is 4. The Labute approximate surface area is 189 Å². The molecule has 33 heavy (non-hydrogen) atoms. The summed E-state index contributed by atoms with van der Waals surface area (Å²) in [7, 11) is -4.11. The molecule has 0 unspecified atom stereocenters. The van der Waals surface area contributed by atoms with Gasteiger partial charge in [-0.2, -0.15) is 9.40 Å². The van der Waals surface area contributed by atoms with Crippen LogP contribution >= 0.6 is 0 Å². The lowest BCUT2D eigenvalue weighted by molar-refractivity contribution is -0.384. The highest BCUT2D eigenvalue weighted by Crippen LogP contribution is 2.23. The smallest absolute Gasteiger partial charge is 0.269 e. The highest BCUT2D eigenvalue weighted by atomic mass is 32.2. The molecule has 12 heteroatoms. The van der Waals surface area contributed by atoms with Gasteiger partial charge in [0.2, 0.25) is 10.0 Å². The zero-order chi connectivity index (χ0) is 24.3. The number of rotatable bonds is 8. The Bertz CT molecular complexity index is 1300. The van der Waals surface area contributed by atoms with Crippen LogP contribution in [0, 0.1) is 22.9 Å². The van der Waals surface area contributed by atoms with Gasteiger partial charge in [0.05, 0.1) is 16.3 Å². The fourth-order valence-corrected chi connectivity index (χ4v) is 4.78. The summed E-state index contributed by atoms with van der Waals surface area (Å²) in [6, 6.07) is 10.3. The SMILES string of the molecule is CCN(CC)S(=O)(=O)c1cc(C(=O)Nc2cc(C)nn2-c2ccc([N+](=O)[O-])cc2)ccc1F. The van der Waals surface area contributed by atoms with Crippen molar-refractivity contribution in [1.82, 2.24) is 14.1 Å². The number of aryl methyl sites for hydroxylation is 1. The molecule has 1 N–H and O–H groups in total. The Kier molecular flexibility index (Phi) is 6.89. The van der Waals surface area contributed by atoms with E-state index in [0.717, 1.165) is 16.4 Å². The predicted molar refractivity (Wildman–Crippen MR) is 119 cm³/mol. The molecular weight excluding hydrogens is 453 g/mol. The number of carbonyl (C=O) groups is 1. The third-order valence-electron chi connectivity index (χ3n) is 4.89. The molecule has 1 aromatic heterocycles. The van der Waals surface area contributed by atoms with E-state index in [0.29, 0.717) is 11.4 Å². The molecule has 3 rings (SSSR count). The van der Waals surface area contributed by atoms with Gasteiger partial charge in [-0.15, -0.1) is 0 Å². The summed E-state index contributed by atoms with van der Waals surface area (Å²) in [5.74, 6) is -1.37. The van der Waals surface area contributed by atoms with Gasteiger partial charge in [-0.25, -0.2) is 17.5 Å². The zero-order valence-corrected chi connectivity index (χ0v) is 19.0. The first kappa shape index (κ1) is 24.0. The number of nitro groups is 1. The lowest BCUT2D eigenvalue weighted by Gasteiger charge is -2.19. The molecule has 10 nitrogen and oxygen atoms in total. The van der Waals surface area contributed by atoms with E-state index in [1.807, 2.05) is 0 Å². The maximum absolute atomic E-state index is 14.4. The molecule has 0 bridgehead atoms. The van der Waals surface area contributed by atoms with Crippen LogP contribution in [0.15, 0.2) is 53.4 Å². The fourth-order valence-electron chi connectivity index (χ4n) is 3.23. The molecule has 0 aliphatic rings. The number of aromatic nitrogens is 2. The number of nitro benzene ring substituents is 1. The summed E-state index contributed by atoms with van der Waals surface area (Å²) in [6.45, 7) is 5.28. The molecule has 0 saturated carbocycles. The van der Waals surface area contributed by atoms with Gasteiger partial charge in [0.25, 0.3) is 11.6 Å². The average molecular weight is 476 g/mol. The quantitative estimate of drug-likeness (QED) is 0.392. The number of carbonyl (C=O) groups excluding carboxylic acids is 1. The van der Waals surface area contributed by atoms with Crippen molar-refractivity contribution in [2.45, 2.75) is 25.7 Å². The van der Waals surface area contributed by atoms with E-state index >= 15 is 0 Å². The fraction of sp³-hybridized carbons (Fsp3) is 0.238. The van der Waals surface area contributed by atoms with Gasteiger partial charge in [-0.3, -0.25) is 14.9 Å². The van der Waals surface area contributed by atoms with Crippen LogP contribution in [0.2, 0.25) is 0 Å². The average Bonchev–Trinajstić information content (AvgIpc) is 3.14. The van der Waals surface area contributed by atoms with Crippen molar-refractivity contribution in [1.29, 1.82) is 0 Å². The molecule has 0 radical (unpaired) electrons. The molecule has 0 spiro atoms. The largest absolute Gasteiger partial charge is 0.306 e. The topological polar surface area (TPSA) is 127 Å². The van der Waals surface area contributed by atoms with Crippen LogP contribution in [0.5, 0.6) is 0 Å². The molecular formula is C21H22FN5O5S. The second kappa shape index (κ2) is 9.46. The number of nitrogens with one attached hydrogen (secondary N) is 1. The molecule has 2 aromatic carbocycles. The highest BCUT2D eigenvalue weighted by molar-refractivity contribution is 7.89. The van der Waals surface area contributed by atoms with Gasteiger partial charge >= 0.3 is 0 Å². The molecule has 0 saturated heterocycles. The van der Waals surface area contributed by atoms with Crippen molar-refractivity contribution in [3.8, 4) is 5.69 Å². The van der Waals surface area contributed by atoms with Crippen LogP contribution in [0.4, 0.5) is 15.9 Å². The number of hydrogen-bond donors (Lipinski definition) is 1. The summed E-state index contributed by atoms with van der Waals surface area (Å²) >= 11 is 0. The summed E-state index contributed by atoms with van der Waals surface area (Å²) in [5.41, 5.74) is 0.873.